The van der Waals surface area contributed by atoms with Gasteiger partial charge in [-0.15, -0.1) is 11.3 Å². The number of amides is 1. The molecule has 0 N–H and O–H groups in total. The second kappa shape index (κ2) is 6.92. The van der Waals surface area contributed by atoms with E-state index < -0.39 is 0 Å². The molecule has 3 aromatic heterocycles. The number of nitrogens with zero attached hydrogens (tertiary/aromatic N) is 4. The molecule has 0 radical (unpaired) electrons. The van der Waals surface area contributed by atoms with Gasteiger partial charge in [0.05, 0.1) is 16.3 Å². The number of pyridine rings is 1. The summed E-state index contributed by atoms with van der Waals surface area (Å²) >= 11 is 1.39. The second-order valence-electron chi connectivity index (χ2n) is 6.33. The van der Waals surface area contributed by atoms with Crippen LogP contribution in [0.4, 0.5) is 4.39 Å². The van der Waals surface area contributed by atoms with E-state index in [1.54, 1.807) is 41.2 Å². The van der Waals surface area contributed by atoms with E-state index in [0.29, 0.717) is 11.4 Å². The molecule has 0 unspecified atom stereocenters. The SMILES string of the molecule is Cc1nn(-c2ccc(F)cc2)c2sc(C(=O)N(C)Cc3cccnc3)cc12. The lowest BCUT2D eigenvalue weighted by Crippen LogP contribution is -2.25. The van der Waals surface area contributed by atoms with Gasteiger partial charge in [-0.05, 0) is 48.9 Å². The third kappa shape index (κ3) is 3.33. The van der Waals surface area contributed by atoms with Crippen LogP contribution >= 0.6 is 11.3 Å². The Morgan fingerprint density at radius 1 is 1.26 bits per heavy atom. The van der Waals surface area contributed by atoms with Crippen LogP contribution in [0, 0.1) is 12.7 Å². The van der Waals surface area contributed by atoms with Crippen molar-refractivity contribution in [1.29, 1.82) is 0 Å². The van der Waals surface area contributed by atoms with Crippen molar-refractivity contribution in [3.8, 4) is 5.69 Å². The first-order valence-corrected chi connectivity index (χ1v) is 9.24. The van der Waals surface area contributed by atoms with Crippen molar-refractivity contribution in [1.82, 2.24) is 19.7 Å². The molecule has 1 amide bonds. The molecular formula is C20H17FN4OS. The van der Waals surface area contributed by atoms with Crippen molar-refractivity contribution in [2.75, 3.05) is 7.05 Å². The van der Waals surface area contributed by atoms with Gasteiger partial charge in [0.1, 0.15) is 10.6 Å². The Labute approximate surface area is 159 Å². The summed E-state index contributed by atoms with van der Waals surface area (Å²) in [5, 5.41) is 5.47. The van der Waals surface area contributed by atoms with Gasteiger partial charge in [-0.2, -0.15) is 5.10 Å². The van der Waals surface area contributed by atoms with Crippen LogP contribution in [0.2, 0.25) is 0 Å². The van der Waals surface area contributed by atoms with E-state index in [9.17, 15) is 9.18 Å². The molecule has 27 heavy (non-hydrogen) atoms. The fourth-order valence-corrected chi connectivity index (χ4v) is 4.11. The zero-order valence-electron chi connectivity index (χ0n) is 14.9. The van der Waals surface area contributed by atoms with Gasteiger partial charge in [0, 0.05) is 31.4 Å². The summed E-state index contributed by atoms with van der Waals surface area (Å²) in [6, 6.07) is 11.8. The maximum Gasteiger partial charge on any atom is 0.264 e. The Kier molecular flexibility index (Phi) is 4.45. The van der Waals surface area contributed by atoms with Crippen LogP contribution in [0.5, 0.6) is 0 Å². The lowest BCUT2D eigenvalue weighted by Gasteiger charge is -2.15. The van der Waals surface area contributed by atoms with Crippen molar-refractivity contribution >= 4 is 27.5 Å². The van der Waals surface area contributed by atoms with Crippen molar-refractivity contribution in [3.05, 3.63) is 76.8 Å². The fourth-order valence-electron chi connectivity index (χ4n) is 2.94. The van der Waals surface area contributed by atoms with Crippen LogP contribution in [0.3, 0.4) is 0 Å². The Bertz CT molecular complexity index is 1100. The van der Waals surface area contributed by atoms with Crippen LogP contribution in [0.1, 0.15) is 20.9 Å². The molecule has 0 fully saturated rings. The molecule has 3 heterocycles. The normalized spacial score (nSPS) is 11.1. The first-order valence-electron chi connectivity index (χ1n) is 8.42. The zero-order chi connectivity index (χ0) is 19.0. The number of halogens is 1. The van der Waals surface area contributed by atoms with E-state index in [4.69, 9.17) is 0 Å². The largest absolute Gasteiger partial charge is 0.337 e. The molecule has 0 saturated heterocycles. The molecule has 0 spiro atoms. The van der Waals surface area contributed by atoms with Gasteiger partial charge in [0.25, 0.3) is 5.91 Å². The minimum atomic E-state index is -0.294. The van der Waals surface area contributed by atoms with Gasteiger partial charge in [-0.1, -0.05) is 6.07 Å². The number of hydrogen-bond donors (Lipinski definition) is 0. The molecule has 0 bridgehead atoms. The number of aryl methyl sites for hydroxylation is 1. The first-order chi connectivity index (χ1) is 13.0. The van der Waals surface area contributed by atoms with E-state index in [2.05, 4.69) is 10.1 Å². The third-order valence-corrected chi connectivity index (χ3v) is 5.41. The average molecular weight is 380 g/mol. The maximum atomic E-state index is 13.2. The van der Waals surface area contributed by atoms with Crippen LogP contribution in [0.15, 0.2) is 54.9 Å². The molecule has 0 saturated carbocycles. The van der Waals surface area contributed by atoms with Crippen molar-refractivity contribution in [2.24, 2.45) is 0 Å². The Morgan fingerprint density at radius 2 is 2.04 bits per heavy atom. The van der Waals surface area contributed by atoms with E-state index in [0.717, 1.165) is 27.2 Å². The summed E-state index contributed by atoms with van der Waals surface area (Å²) in [7, 11) is 1.78. The van der Waals surface area contributed by atoms with Gasteiger partial charge in [-0.3, -0.25) is 9.78 Å². The van der Waals surface area contributed by atoms with Crippen LogP contribution < -0.4 is 0 Å². The standard InChI is InChI=1S/C20H17FN4OS/c1-13-17-10-18(19(26)24(2)12-14-4-3-9-22-11-14)27-20(17)25(23-13)16-7-5-15(21)6-8-16/h3-11H,12H2,1-2H3. The quantitative estimate of drug-likeness (QED) is 0.533. The molecule has 5 nitrogen and oxygen atoms in total. The second-order valence-corrected chi connectivity index (χ2v) is 7.36. The number of carbonyl (C=O) groups is 1. The van der Waals surface area contributed by atoms with Crippen LogP contribution in [-0.2, 0) is 6.54 Å². The topological polar surface area (TPSA) is 51.0 Å². The van der Waals surface area contributed by atoms with Crippen LogP contribution in [0.25, 0.3) is 15.9 Å². The Morgan fingerprint density at radius 3 is 2.74 bits per heavy atom. The highest BCUT2D eigenvalue weighted by molar-refractivity contribution is 7.20. The minimum Gasteiger partial charge on any atom is -0.337 e. The molecule has 136 valence electrons. The summed E-state index contributed by atoms with van der Waals surface area (Å²) in [6.07, 6.45) is 3.46. The van der Waals surface area contributed by atoms with Crippen molar-refractivity contribution in [3.63, 3.8) is 0 Å². The highest BCUT2D eigenvalue weighted by atomic mass is 32.1. The summed E-state index contributed by atoms with van der Waals surface area (Å²) in [6.45, 7) is 2.40. The van der Waals surface area contributed by atoms with E-state index in [1.165, 1.54) is 23.5 Å². The third-order valence-electron chi connectivity index (χ3n) is 4.32. The van der Waals surface area contributed by atoms with Crippen LogP contribution in [-0.4, -0.2) is 32.6 Å². The molecule has 0 atom stereocenters. The van der Waals surface area contributed by atoms with E-state index in [1.807, 2.05) is 25.1 Å². The highest BCUT2D eigenvalue weighted by Crippen LogP contribution is 2.31. The highest BCUT2D eigenvalue weighted by Gasteiger charge is 2.19. The minimum absolute atomic E-state index is 0.0508. The summed E-state index contributed by atoms with van der Waals surface area (Å²) < 4.78 is 15.0. The van der Waals surface area contributed by atoms with Gasteiger partial charge in [-0.25, -0.2) is 9.07 Å². The predicted octanol–water partition coefficient (Wildman–Crippen LogP) is 4.20. The molecule has 4 aromatic rings. The fraction of sp³-hybridized carbons (Fsp3) is 0.150. The van der Waals surface area contributed by atoms with E-state index in [-0.39, 0.29) is 11.7 Å². The summed E-state index contributed by atoms with van der Waals surface area (Å²) in [5.41, 5.74) is 2.57. The zero-order valence-corrected chi connectivity index (χ0v) is 15.7. The average Bonchev–Trinajstić information content (AvgIpc) is 3.23. The number of benzene rings is 1. The number of thiophene rings is 1. The molecule has 0 aliphatic carbocycles. The summed E-state index contributed by atoms with van der Waals surface area (Å²) in [5.74, 6) is -0.344. The Hall–Kier alpha value is -3.06. The van der Waals surface area contributed by atoms with E-state index >= 15 is 0 Å². The predicted molar refractivity (Wildman–Crippen MR) is 104 cm³/mol. The maximum absolute atomic E-state index is 13.2. The molecule has 1 aromatic carbocycles. The molecule has 4 rings (SSSR count). The molecule has 0 aliphatic rings. The summed E-state index contributed by atoms with van der Waals surface area (Å²) in [4.78, 5) is 20.1. The number of carbonyl (C=O) groups excluding carboxylic acids is 1. The van der Waals surface area contributed by atoms with Gasteiger partial charge < -0.3 is 4.90 Å². The number of fused-ring (bicyclic) bond motifs is 1. The van der Waals surface area contributed by atoms with Gasteiger partial charge >= 0.3 is 0 Å². The van der Waals surface area contributed by atoms with Crippen molar-refractivity contribution in [2.45, 2.75) is 13.5 Å². The lowest BCUT2D eigenvalue weighted by molar-refractivity contribution is 0.0790. The van der Waals surface area contributed by atoms with Gasteiger partial charge in [0.2, 0.25) is 0 Å². The first kappa shape index (κ1) is 17.4. The molecular weight excluding hydrogens is 363 g/mol. The molecule has 7 heteroatoms. The van der Waals surface area contributed by atoms with Gasteiger partial charge in [0.15, 0.2) is 0 Å². The Balaban J connectivity index is 1.66. The number of hydrogen-bond acceptors (Lipinski definition) is 4. The molecule has 0 aliphatic heterocycles. The number of aromatic nitrogens is 3. The number of rotatable bonds is 4. The monoisotopic (exact) mass is 380 g/mol. The lowest BCUT2D eigenvalue weighted by atomic mass is 10.2. The van der Waals surface area contributed by atoms with Crippen molar-refractivity contribution < 1.29 is 9.18 Å². The smallest absolute Gasteiger partial charge is 0.264 e.